The first-order valence-electron chi connectivity index (χ1n) is 3.93. The molecule has 0 bridgehead atoms. The van der Waals surface area contributed by atoms with Crippen molar-refractivity contribution < 1.29 is 9.53 Å². The van der Waals surface area contributed by atoms with Crippen LogP contribution in [0.3, 0.4) is 0 Å². The smallest absolute Gasteiger partial charge is 0.325 e. The largest absolute Gasteiger partial charge is 0.468 e. The van der Waals surface area contributed by atoms with Crippen LogP contribution in [0.2, 0.25) is 0 Å². The van der Waals surface area contributed by atoms with Crippen molar-refractivity contribution in [2.24, 2.45) is 0 Å². The number of ether oxygens (including phenoxy) is 1. The molecule has 0 unspecified atom stereocenters. The lowest BCUT2D eigenvalue weighted by Gasteiger charge is -2.15. The number of hydrogen-bond acceptors (Lipinski definition) is 4. The Kier molecular flexibility index (Phi) is 3.25. The summed E-state index contributed by atoms with van der Waals surface area (Å²) in [7, 11) is 3.16. The molecule has 1 aromatic rings. The maximum absolute atomic E-state index is 10.9. The van der Waals surface area contributed by atoms with Gasteiger partial charge < -0.3 is 9.64 Å². The van der Waals surface area contributed by atoms with Crippen molar-refractivity contribution in [3.8, 4) is 0 Å². The quantitative estimate of drug-likeness (QED) is 0.642. The zero-order valence-electron chi connectivity index (χ0n) is 7.73. The molecule has 0 N–H and O–H groups in total. The third kappa shape index (κ3) is 2.74. The van der Waals surface area contributed by atoms with Crippen molar-refractivity contribution in [2.45, 2.75) is 0 Å². The maximum atomic E-state index is 10.9. The predicted molar refractivity (Wildman–Crippen MR) is 49.5 cm³/mol. The molecule has 1 aromatic heterocycles. The Bertz CT molecular complexity index is 274. The lowest BCUT2D eigenvalue weighted by Crippen LogP contribution is -2.26. The zero-order chi connectivity index (χ0) is 9.68. The molecule has 0 radical (unpaired) electrons. The van der Waals surface area contributed by atoms with Crippen LogP contribution in [0.5, 0.6) is 0 Å². The van der Waals surface area contributed by atoms with Crippen LogP contribution in [-0.4, -0.2) is 31.7 Å². The summed E-state index contributed by atoms with van der Waals surface area (Å²) in [5.41, 5.74) is 0. The first-order chi connectivity index (χ1) is 6.24. The van der Waals surface area contributed by atoms with Crippen LogP contribution in [0.25, 0.3) is 0 Å². The van der Waals surface area contributed by atoms with Crippen LogP contribution in [0.15, 0.2) is 24.4 Å². The Morgan fingerprint density at radius 1 is 1.62 bits per heavy atom. The number of nitrogens with zero attached hydrogens (tertiary/aromatic N) is 2. The molecule has 0 saturated carbocycles. The van der Waals surface area contributed by atoms with Gasteiger partial charge in [0.15, 0.2) is 0 Å². The monoisotopic (exact) mass is 180 g/mol. The van der Waals surface area contributed by atoms with Gasteiger partial charge in [0.25, 0.3) is 0 Å². The van der Waals surface area contributed by atoms with Crippen molar-refractivity contribution in [2.75, 3.05) is 25.6 Å². The van der Waals surface area contributed by atoms with E-state index in [0.29, 0.717) is 0 Å². The van der Waals surface area contributed by atoms with Crippen molar-refractivity contribution in [3.05, 3.63) is 24.4 Å². The van der Waals surface area contributed by atoms with Gasteiger partial charge in [-0.25, -0.2) is 4.98 Å². The van der Waals surface area contributed by atoms with Gasteiger partial charge in [-0.1, -0.05) is 6.07 Å². The second kappa shape index (κ2) is 4.45. The number of likely N-dealkylation sites (N-methyl/N-ethyl adjacent to an activating group) is 1. The van der Waals surface area contributed by atoms with Gasteiger partial charge in [-0.3, -0.25) is 4.79 Å². The molecule has 13 heavy (non-hydrogen) atoms. The highest BCUT2D eigenvalue weighted by atomic mass is 16.5. The third-order valence-corrected chi connectivity index (χ3v) is 1.63. The summed E-state index contributed by atoms with van der Waals surface area (Å²) in [5.74, 6) is 0.487. The van der Waals surface area contributed by atoms with E-state index in [4.69, 9.17) is 0 Å². The van der Waals surface area contributed by atoms with E-state index in [9.17, 15) is 4.79 Å². The Hall–Kier alpha value is -1.58. The molecule has 4 heteroatoms. The minimum atomic E-state index is -0.270. The summed E-state index contributed by atoms with van der Waals surface area (Å²) in [6.45, 7) is 0.216. The Balaban J connectivity index is 2.59. The van der Waals surface area contributed by atoms with E-state index < -0.39 is 0 Å². The number of aromatic nitrogens is 1. The number of rotatable bonds is 3. The van der Waals surface area contributed by atoms with Crippen LogP contribution in [0, 0.1) is 0 Å². The summed E-state index contributed by atoms with van der Waals surface area (Å²) >= 11 is 0. The molecule has 0 aliphatic rings. The summed E-state index contributed by atoms with van der Waals surface area (Å²) in [4.78, 5) is 16.7. The molecule has 0 fully saturated rings. The number of methoxy groups -OCH3 is 1. The van der Waals surface area contributed by atoms with Gasteiger partial charge >= 0.3 is 5.97 Å². The predicted octanol–water partition coefficient (Wildman–Crippen LogP) is 0.691. The van der Waals surface area contributed by atoms with E-state index in [0.717, 1.165) is 5.82 Å². The molecule has 0 spiro atoms. The van der Waals surface area contributed by atoms with Crippen molar-refractivity contribution in [3.63, 3.8) is 0 Å². The van der Waals surface area contributed by atoms with Gasteiger partial charge in [-0.05, 0) is 12.1 Å². The van der Waals surface area contributed by atoms with Crippen molar-refractivity contribution in [1.82, 2.24) is 4.98 Å². The summed E-state index contributed by atoms with van der Waals surface area (Å²) in [6.07, 6.45) is 1.68. The molecule has 0 aliphatic heterocycles. The molecule has 4 nitrogen and oxygen atoms in total. The van der Waals surface area contributed by atoms with Gasteiger partial charge in [-0.2, -0.15) is 0 Å². The number of hydrogen-bond donors (Lipinski definition) is 0. The van der Waals surface area contributed by atoms with Crippen LogP contribution >= 0.6 is 0 Å². The third-order valence-electron chi connectivity index (χ3n) is 1.63. The van der Waals surface area contributed by atoms with E-state index in [1.807, 2.05) is 18.2 Å². The normalized spacial score (nSPS) is 9.38. The molecular formula is C9H12N2O2. The Morgan fingerprint density at radius 3 is 2.92 bits per heavy atom. The SMILES string of the molecule is COC(=O)CN(C)c1ccccn1. The minimum Gasteiger partial charge on any atom is -0.468 e. The number of esters is 1. The average molecular weight is 180 g/mol. The first-order valence-corrected chi connectivity index (χ1v) is 3.93. The van der Waals surface area contributed by atoms with Gasteiger partial charge in [0.05, 0.1) is 7.11 Å². The van der Waals surface area contributed by atoms with E-state index in [2.05, 4.69) is 9.72 Å². The highest BCUT2D eigenvalue weighted by Crippen LogP contribution is 2.05. The molecule has 0 saturated heterocycles. The van der Waals surface area contributed by atoms with Gasteiger partial charge in [0.1, 0.15) is 12.4 Å². The first kappa shape index (κ1) is 9.51. The summed E-state index contributed by atoms with van der Waals surface area (Å²) in [5, 5.41) is 0. The van der Waals surface area contributed by atoms with E-state index in [1.165, 1.54) is 7.11 Å². The molecule has 1 heterocycles. The molecule has 1 rings (SSSR count). The second-order valence-electron chi connectivity index (χ2n) is 2.62. The maximum Gasteiger partial charge on any atom is 0.325 e. The second-order valence-corrected chi connectivity index (χ2v) is 2.62. The lowest BCUT2D eigenvalue weighted by atomic mass is 10.4. The number of carbonyl (C=O) groups excluding carboxylic acids is 1. The summed E-state index contributed by atoms with van der Waals surface area (Å²) in [6, 6.07) is 5.54. The minimum absolute atomic E-state index is 0.216. The van der Waals surface area contributed by atoms with E-state index in [-0.39, 0.29) is 12.5 Å². The van der Waals surface area contributed by atoms with E-state index >= 15 is 0 Å². The Labute approximate surface area is 77.1 Å². The molecule has 70 valence electrons. The number of carbonyl (C=O) groups is 1. The fourth-order valence-electron chi connectivity index (χ4n) is 0.919. The van der Waals surface area contributed by atoms with Gasteiger partial charge in [-0.15, -0.1) is 0 Å². The average Bonchev–Trinajstić information content (AvgIpc) is 2.19. The van der Waals surface area contributed by atoms with Crippen LogP contribution < -0.4 is 4.90 Å². The molecule has 0 amide bonds. The van der Waals surface area contributed by atoms with Crippen LogP contribution in [-0.2, 0) is 9.53 Å². The highest BCUT2D eigenvalue weighted by Gasteiger charge is 2.06. The summed E-state index contributed by atoms with van der Waals surface area (Å²) < 4.78 is 4.53. The zero-order valence-corrected chi connectivity index (χ0v) is 7.73. The van der Waals surface area contributed by atoms with E-state index in [1.54, 1.807) is 18.1 Å². The van der Waals surface area contributed by atoms with Crippen LogP contribution in [0.1, 0.15) is 0 Å². The molecule has 0 aromatic carbocycles. The van der Waals surface area contributed by atoms with Crippen molar-refractivity contribution in [1.29, 1.82) is 0 Å². The Morgan fingerprint density at radius 2 is 2.38 bits per heavy atom. The van der Waals surface area contributed by atoms with Crippen LogP contribution in [0.4, 0.5) is 5.82 Å². The number of anilines is 1. The molecule has 0 atom stereocenters. The fourth-order valence-corrected chi connectivity index (χ4v) is 0.919. The fraction of sp³-hybridized carbons (Fsp3) is 0.333. The number of pyridine rings is 1. The highest BCUT2D eigenvalue weighted by molar-refractivity contribution is 5.74. The molecular weight excluding hydrogens is 168 g/mol. The topological polar surface area (TPSA) is 42.4 Å². The van der Waals surface area contributed by atoms with Gasteiger partial charge in [0, 0.05) is 13.2 Å². The van der Waals surface area contributed by atoms with Gasteiger partial charge in [0.2, 0.25) is 0 Å². The van der Waals surface area contributed by atoms with Crippen molar-refractivity contribution >= 4 is 11.8 Å². The lowest BCUT2D eigenvalue weighted by molar-refractivity contribution is -0.138. The standard InChI is InChI=1S/C9H12N2O2/c1-11(7-9(12)13-2)8-5-3-4-6-10-8/h3-6H,7H2,1-2H3. The molecule has 0 aliphatic carbocycles.